The summed E-state index contributed by atoms with van der Waals surface area (Å²) in [5, 5.41) is 0. The topological polar surface area (TPSA) is 46.3 Å². The fraction of sp³-hybridized carbons (Fsp3) is 0.923. The molecular formula is C13H24N2O. The average Bonchev–Trinajstić information content (AvgIpc) is 2.85. The predicted octanol–water partition coefficient (Wildman–Crippen LogP) is 1.62. The molecule has 0 aromatic rings. The maximum atomic E-state index is 12.0. The molecule has 2 rings (SSSR count). The lowest BCUT2D eigenvalue weighted by Gasteiger charge is -2.18. The minimum absolute atomic E-state index is 0.356. The van der Waals surface area contributed by atoms with Crippen molar-refractivity contribution in [1.29, 1.82) is 0 Å². The van der Waals surface area contributed by atoms with E-state index in [9.17, 15) is 4.79 Å². The van der Waals surface area contributed by atoms with Gasteiger partial charge in [0.05, 0.1) is 0 Å². The number of likely N-dealkylation sites (tertiary alicyclic amines) is 1. The van der Waals surface area contributed by atoms with Crippen LogP contribution in [0.4, 0.5) is 0 Å². The van der Waals surface area contributed by atoms with Gasteiger partial charge in [-0.05, 0) is 43.6 Å². The Morgan fingerprint density at radius 3 is 2.56 bits per heavy atom. The molecule has 16 heavy (non-hydrogen) atoms. The van der Waals surface area contributed by atoms with Crippen molar-refractivity contribution in [2.24, 2.45) is 23.5 Å². The Balaban J connectivity index is 1.74. The Morgan fingerprint density at radius 1 is 1.38 bits per heavy atom. The molecule has 1 aliphatic carbocycles. The van der Waals surface area contributed by atoms with E-state index in [4.69, 9.17) is 5.73 Å². The van der Waals surface area contributed by atoms with E-state index >= 15 is 0 Å². The Bertz CT molecular complexity index is 242. The number of nitrogens with two attached hydrogens (primary N) is 1. The van der Waals surface area contributed by atoms with Crippen molar-refractivity contribution in [3.63, 3.8) is 0 Å². The Kier molecular flexibility index (Phi) is 3.85. The monoisotopic (exact) mass is 224 g/mol. The number of amides is 1. The molecule has 1 heterocycles. The largest absolute Gasteiger partial charge is 0.342 e. The van der Waals surface area contributed by atoms with Gasteiger partial charge in [0.15, 0.2) is 0 Å². The van der Waals surface area contributed by atoms with Gasteiger partial charge in [-0.15, -0.1) is 0 Å². The molecule has 92 valence electrons. The van der Waals surface area contributed by atoms with Crippen molar-refractivity contribution in [3.05, 3.63) is 0 Å². The maximum absolute atomic E-state index is 12.0. The summed E-state index contributed by atoms with van der Waals surface area (Å²) in [6, 6.07) is 0. The van der Waals surface area contributed by atoms with Crippen LogP contribution in [0.3, 0.4) is 0 Å². The first kappa shape index (κ1) is 11.9. The van der Waals surface area contributed by atoms with E-state index < -0.39 is 0 Å². The van der Waals surface area contributed by atoms with Crippen molar-refractivity contribution in [2.45, 2.75) is 39.0 Å². The fourth-order valence-electron chi connectivity index (χ4n) is 3.08. The average molecular weight is 224 g/mol. The highest BCUT2D eigenvalue weighted by Crippen LogP contribution is 2.37. The van der Waals surface area contributed by atoms with E-state index in [0.29, 0.717) is 24.8 Å². The highest BCUT2D eigenvalue weighted by Gasteiger charge is 2.37. The van der Waals surface area contributed by atoms with Gasteiger partial charge in [-0.25, -0.2) is 0 Å². The zero-order valence-corrected chi connectivity index (χ0v) is 10.3. The van der Waals surface area contributed by atoms with Crippen LogP contribution in [0.1, 0.15) is 39.0 Å². The minimum atomic E-state index is 0.356. The first-order valence-electron chi connectivity index (χ1n) is 6.68. The fourth-order valence-corrected chi connectivity index (χ4v) is 3.08. The smallest absolute Gasteiger partial charge is 0.222 e. The highest BCUT2D eigenvalue weighted by molar-refractivity contribution is 5.76. The quantitative estimate of drug-likeness (QED) is 0.788. The molecule has 0 bridgehead atoms. The lowest BCUT2D eigenvalue weighted by Crippen LogP contribution is -2.30. The molecule has 0 aromatic heterocycles. The molecule has 3 nitrogen and oxygen atoms in total. The number of carbonyl (C=O) groups is 1. The summed E-state index contributed by atoms with van der Waals surface area (Å²) in [5.41, 5.74) is 5.56. The van der Waals surface area contributed by atoms with Gasteiger partial charge in [0.1, 0.15) is 0 Å². The van der Waals surface area contributed by atoms with Crippen molar-refractivity contribution in [2.75, 3.05) is 19.6 Å². The van der Waals surface area contributed by atoms with Crippen LogP contribution >= 0.6 is 0 Å². The number of rotatable bonds is 4. The van der Waals surface area contributed by atoms with Crippen molar-refractivity contribution < 1.29 is 4.79 Å². The third-order valence-corrected chi connectivity index (χ3v) is 4.33. The van der Waals surface area contributed by atoms with Crippen molar-refractivity contribution >= 4 is 5.91 Å². The number of hydrogen-bond acceptors (Lipinski definition) is 2. The summed E-state index contributed by atoms with van der Waals surface area (Å²) in [7, 11) is 0. The summed E-state index contributed by atoms with van der Waals surface area (Å²) < 4.78 is 0. The second-order valence-corrected chi connectivity index (χ2v) is 5.63. The summed E-state index contributed by atoms with van der Waals surface area (Å²) in [6.07, 6.45) is 5.70. The van der Waals surface area contributed by atoms with Gasteiger partial charge >= 0.3 is 0 Å². The second kappa shape index (κ2) is 5.17. The summed E-state index contributed by atoms with van der Waals surface area (Å²) in [4.78, 5) is 14.1. The summed E-state index contributed by atoms with van der Waals surface area (Å²) in [6.45, 7) is 4.87. The molecule has 3 heteroatoms. The number of fused-ring (bicyclic) bond motifs is 1. The molecular weight excluding hydrogens is 200 g/mol. The molecule has 1 saturated heterocycles. The molecule has 1 saturated carbocycles. The molecule has 2 fully saturated rings. The lowest BCUT2D eigenvalue weighted by molar-refractivity contribution is -0.130. The Morgan fingerprint density at radius 2 is 2.00 bits per heavy atom. The van der Waals surface area contributed by atoms with Gasteiger partial charge in [-0.1, -0.05) is 13.3 Å². The third kappa shape index (κ3) is 2.57. The van der Waals surface area contributed by atoms with Crippen LogP contribution in [0.15, 0.2) is 0 Å². The molecule has 2 aliphatic rings. The lowest BCUT2D eigenvalue weighted by atomic mass is 10.0. The van der Waals surface area contributed by atoms with E-state index in [1.165, 1.54) is 19.3 Å². The molecule has 0 aromatic carbocycles. The number of hydrogen-bond donors (Lipinski definition) is 1. The van der Waals surface area contributed by atoms with Crippen molar-refractivity contribution in [1.82, 2.24) is 4.90 Å². The van der Waals surface area contributed by atoms with Gasteiger partial charge in [-0.2, -0.15) is 0 Å². The molecule has 0 radical (unpaired) electrons. The molecule has 1 aliphatic heterocycles. The summed E-state index contributed by atoms with van der Waals surface area (Å²) in [5.74, 6) is 2.47. The van der Waals surface area contributed by atoms with E-state index in [1.807, 2.05) is 0 Å². The van der Waals surface area contributed by atoms with Crippen LogP contribution in [-0.4, -0.2) is 30.4 Å². The van der Waals surface area contributed by atoms with Gasteiger partial charge in [0.2, 0.25) is 5.91 Å². The zero-order valence-electron chi connectivity index (χ0n) is 10.3. The minimum Gasteiger partial charge on any atom is -0.342 e. The van der Waals surface area contributed by atoms with Crippen molar-refractivity contribution in [3.8, 4) is 0 Å². The Hall–Kier alpha value is -0.570. The second-order valence-electron chi connectivity index (χ2n) is 5.63. The maximum Gasteiger partial charge on any atom is 0.222 e. The van der Waals surface area contributed by atoms with Gasteiger partial charge in [0.25, 0.3) is 0 Å². The van der Waals surface area contributed by atoms with E-state index in [1.54, 1.807) is 0 Å². The van der Waals surface area contributed by atoms with Gasteiger partial charge < -0.3 is 10.6 Å². The van der Waals surface area contributed by atoms with E-state index in [-0.39, 0.29) is 0 Å². The third-order valence-electron chi connectivity index (χ3n) is 4.33. The number of carbonyl (C=O) groups excluding carboxylic acids is 1. The normalized spacial score (nSPS) is 30.5. The molecule has 3 unspecified atom stereocenters. The molecule has 3 atom stereocenters. The van der Waals surface area contributed by atoms with E-state index in [2.05, 4.69) is 11.8 Å². The first-order valence-corrected chi connectivity index (χ1v) is 6.68. The van der Waals surface area contributed by atoms with Crippen LogP contribution in [0, 0.1) is 17.8 Å². The number of nitrogens with zero attached hydrogens (tertiary/aromatic N) is 1. The predicted molar refractivity (Wildman–Crippen MR) is 64.9 cm³/mol. The van der Waals surface area contributed by atoms with Crippen LogP contribution < -0.4 is 5.73 Å². The van der Waals surface area contributed by atoms with Gasteiger partial charge in [-0.3, -0.25) is 4.79 Å². The highest BCUT2D eigenvalue weighted by atomic mass is 16.2. The van der Waals surface area contributed by atoms with Crippen LogP contribution in [-0.2, 0) is 4.79 Å². The zero-order chi connectivity index (χ0) is 11.5. The van der Waals surface area contributed by atoms with Crippen LogP contribution in [0.2, 0.25) is 0 Å². The van der Waals surface area contributed by atoms with Crippen LogP contribution in [0.5, 0.6) is 0 Å². The molecule has 1 amide bonds. The van der Waals surface area contributed by atoms with Crippen LogP contribution in [0.25, 0.3) is 0 Å². The molecule has 0 spiro atoms. The SMILES string of the molecule is CC(CN)CCC(=O)N1CC2CCCC2C1. The standard InChI is InChI=1S/C13H24N2O/c1-10(7-14)5-6-13(16)15-8-11-3-2-4-12(11)9-15/h10-12H,2-9,14H2,1H3. The van der Waals surface area contributed by atoms with E-state index in [0.717, 1.165) is 31.3 Å². The first-order chi connectivity index (χ1) is 7.70. The molecule has 2 N–H and O–H groups in total. The van der Waals surface area contributed by atoms with Gasteiger partial charge in [0, 0.05) is 19.5 Å². The Labute approximate surface area is 98.4 Å². The summed E-state index contributed by atoms with van der Waals surface area (Å²) >= 11 is 0.